The van der Waals surface area contributed by atoms with Gasteiger partial charge in [0.1, 0.15) is 11.9 Å². The molecule has 0 aromatic heterocycles. The summed E-state index contributed by atoms with van der Waals surface area (Å²) in [6, 6.07) is 3.46. The fraction of sp³-hybridized carbons (Fsp3) is 0.100. The van der Waals surface area contributed by atoms with Crippen molar-refractivity contribution in [2.45, 2.75) is 0 Å². The SMILES string of the molecule is N#Cc1cc(C(=O)CCl)c(C=O)cc1F. The van der Waals surface area contributed by atoms with E-state index in [-0.39, 0.29) is 22.6 Å². The summed E-state index contributed by atoms with van der Waals surface area (Å²) in [5, 5.41) is 8.54. The van der Waals surface area contributed by atoms with Crippen molar-refractivity contribution in [2.24, 2.45) is 0 Å². The van der Waals surface area contributed by atoms with E-state index in [0.29, 0.717) is 6.29 Å². The van der Waals surface area contributed by atoms with Crippen LogP contribution in [0.3, 0.4) is 0 Å². The molecule has 0 aliphatic carbocycles. The van der Waals surface area contributed by atoms with Gasteiger partial charge in [-0.2, -0.15) is 5.26 Å². The van der Waals surface area contributed by atoms with E-state index < -0.39 is 11.6 Å². The minimum absolute atomic E-state index is 0.0297. The van der Waals surface area contributed by atoms with Crippen LogP contribution in [0.2, 0.25) is 0 Å². The van der Waals surface area contributed by atoms with E-state index in [2.05, 4.69) is 0 Å². The summed E-state index contributed by atoms with van der Waals surface area (Å²) < 4.78 is 13.1. The first-order valence-corrected chi connectivity index (χ1v) is 4.45. The molecule has 0 saturated heterocycles. The molecule has 0 amide bonds. The van der Waals surface area contributed by atoms with Crippen molar-refractivity contribution in [3.05, 3.63) is 34.6 Å². The number of Topliss-reactive ketones (excluding diaryl/α,β-unsaturated/α-hetero) is 1. The first-order chi connectivity index (χ1) is 7.13. The Morgan fingerprint density at radius 2 is 2.27 bits per heavy atom. The molecule has 15 heavy (non-hydrogen) atoms. The van der Waals surface area contributed by atoms with Gasteiger partial charge in [0.25, 0.3) is 0 Å². The summed E-state index contributed by atoms with van der Waals surface area (Å²) in [4.78, 5) is 21.8. The molecule has 0 aliphatic heterocycles. The van der Waals surface area contributed by atoms with Gasteiger partial charge >= 0.3 is 0 Å². The van der Waals surface area contributed by atoms with Crippen LogP contribution >= 0.6 is 11.6 Å². The highest BCUT2D eigenvalue weighted by Gasteiger charge is 2.14. The number of alkyl halides is 1. The molecular weight excluding hydrogens is 221 g/mol. The molecule has 0 spiro atoms. The molecule has 1 aromatic rings. The lowest BCUT2D eigenvalue weighted by atomic mass is 10.0. The van der Waals surface area contributed by atoms with Gasteiger partial charge in [0.15, 0.2) is 12.1 Å². The van der Waals surface area contributed by atoms with Crippen LogP contribution in [0.4, 0.5) is 4.39 Å². The fourth-order valence-corrected chi connectivity index (χ4v) is 1.23. The van der Waals surface area contributed by atoms with Crippen molar-refractivity contribution in [3.63, 3.8) is 0 Å². The van der Waals surface area contributed by atoms with Crippen LogP contribution in [0.15, 0.2) is 12.1 Å². The quantitative estimate of drug-likeness (QED) is 0.449. The maximum atomic E-state index is 13.1. The number of aldehydes is 1. The Hall–Kier alpha value is -1.73. The van der Waals surface area contributed by atoms with E-state index in [1.54, 1.807) is 6.07 Å². The second-order valence-electron chi connectivity index (χ2n) is 2.71. The van der Waals surface area contributed by atoms with Crippen molar-refractivity contribution in [3.8, 4) is 6.07 Å². The topological polar surface area (TPSA) is 57.9 Å². The molecule has 0 unspecified atom stereocenters. The highest BCUT2D eigenvalue weighted by atomic mass is 35.5. The minimum atomic E-state index is -0.828. The number of rotatable bonds is 3. The molecule has 0 saturated carbocycles. The molecule has 0 fully saturated rings. The van der Waals surface area contributed by atoms with E-state index in [1.807, 2.05) is 0 Å². The first kappa shape index (κ1) is 11.3. The zero-order valence-corrected chi connectivity index (χ0v) is 8.21. The summed E-state index contributed by atoms with van der Waals surface area (Å²) in [6.45, 7) is 0. The lowest BCUT2D eigenvalue weighted by molar-refractivity contribution is 0.101. The molecule has 0 N–H and O–H groups in total. The molecule has 0 heterocycles. The monoisotopic (exact) mass is 225 g/mol. The summed E-state index contributed by atoms with van der Waals surface area (Å²) in [7, 11) is 0. The molecule has 5 heteroatoms. The van der Waals surface area contributed by atoms with Crippen LogP contribution in [0.25, 0.3) is 0 Å². The van der Waals surface area contributed by atoms with Crippen LogP contribution in [0.5, 0.6) is 0 Å². The molecule has 3 nitrogen and oxygen atoms in total. The molecule has 0 atom stereocenters. The number of hydrogen-bond donors (Lipinski definition) is 0. The van der Waals surface area contributed by atoms with E-state index in [0.717, 1.165) is 12.1 Å². The summed E-state index contributed by atoms with van der Waals surface area (Å²) >= 11 is 5.31. The molecule has 0 radical (unpaired) electrons. The number of carbonyl (C=O) groups is 2. The number of ketones is 1. The van der Waals surface area contributed by atoms with E-state index >= 15 is 0 Å². The van der Waals surface area contributed by atoms with Crippen LogP contribution in [-0.2, 0) is 0 Å². The van der Waals surface area contributed by atoms with Crippen LogP contribution < -0.4 is 0 Å². The standard InChI is InChI=1S/C10H5ClFNO2/c11-3-10(15)8-1-6(4-13)9(12)2-7(8)5-14/h1-2,5H,3H2. The predicted molar refractivity (Wildman–Crippen MR) is 51.6 cm³/mol. The molecule has 1 rings (SSSR count). The Bertz CT molecular complexity index is 465. The maximum absolute atomic E-state index is 13.1. The zero-order valence-electron chi connectivity index (χ0n) is 7.46. The van der Waals surface area contributed by atoms with E-state index in [9.17, 15) is 14.0 Å². The molecular formula is C10H5ClFNO2. The Morgan fingerprint density at radius 1 is 1.60 bits per heavy atom. The number of hydrogen-bond acceptors (Lipinski definition) is 3. The number of carbonyl (C=O) groups excluding carboxylic acids is 2. The van der Waals surface area contributed by atoms with Gasteiger partial charge in [0.05, 0.1) is 11.4 Å². The highest BCUT2D eigenvalue weighted by Crippen LogP contribution is 2.15. The van der Waals surface area contributed by atoms with Crippen molar-refractivity contribution in [1.29, 1.82) is 5.26 Å². The number of nitrogens with zero attached hydrogens (tertiary/aromatic N) is 1. The van der Waals surface area contributed by atoms with Crippen molar-refractivity contribution < 1.29 is 14.0 Å². The van der Waals surface area contributed by atoms with Crippen molar-refractivity contribution in [1.82, 2.24) is 0 Å². The number of nitriles is 1. The number of halogens is 2. The summed E-state index contributed by atoms with van der Waals surface area (Å²) in [5.41, 5.74) is -0.413. The van der Waals surface area contributed by atoms with Crippen molar-refractivity contribution >= 4 is 23.7 Å². The van der Waals surface area contributed by atoms with Gasteiger partial charge in [0.2, 0.25) is 0 Å². The average Bonchev–Trinajstić information content (AvgIpc) is 2.27. The van der Waals surface area contributed by atoms with Gasteiger partial charge < -0.3 is 0 Å². The minimum Gasteiger partial charge on any atom is -0.298 e. The Kier molecular flexibility index (Phi) is 3.53. The molecule has 0 aliphatic rings. The van der Waals surface area contributed by atoms with Gasteiger partial charge in [0, 0.05) is 11.1 Å². The van der Waals surface area contributed by atoms with Gasteiger partial charge in [-0.25, -0.2) is 4.39 Å². The maximum Gasteiger partial charge on any atom is 0.178 e. The first-order valence-electron chi connectivity index (χ1n) is 3.92. The van der Waals surface area contributed by atoms with Gasteiger partial charge in [-0.3, -0.25) is 9.59 Å². The largest absolute Gasteiger partial charge is 0.298 e. The fourth-order valence-electron chi connectivity index (χ4n) is 1.09. The van der Waals surface area contributed by atoms with Crippen LogP contribution in [0.1, 0.15) is 26.3 Å². The Labute approximate surface area is 90.1 Å². The van der Waals surface area contributed by atoms with Crippen LogP contribution in [0, 0.1) is 17.1 Å². The molecule has 1 aromatic carbocycles. The molecule has 0 bridgehead atoms. The normalized spacial score (nSPS) is 9.40. The second kappa shape index (κ2) is 4.67. The van der Waals surface area contributed by atoms with Crippen LogP contribution in [-0.4, -0.2) is 17.9 Å². The molecule has 76 valence electrons. The van der Waals surface area contributed by atoms with Crippen molar-refractivity contribution in [2.75, 3.05) is 5.88 Å². The zero-order chi connectivity index (χ0) is 11.4. The van der Waals surface area contributed by atoms with Gasteiger partial charge in [-0.05, 0) is 12.1 Å². The summed E-state index contributed by atoms with van der Waals surface area (Å²) in [6.07, 6.45) is 0.351. The lowest BCUT2D eigenvalue weighted by Gasteiger charge is -2.02. The van der Waals surface area contributed by atoms with Gasteiger partial charge in [-0.15, -0.1) is 11.6 Å². The van der Waals surface area contributed by atoms with E-state index in [1.165, 1.54) is 0 Å². The smallest absolute Gasteiger partial charge is 0.178 e. The Morgan fingerprint density at radius 3 is 2.73 bits per heavy atom. The highest BCUT2D eigenvalue weighted by molar-refractivity contribution is 6.31. The third kappa shape index (κ3) is 2.20. The second-order valence-corrected chi connectivity index (χ2v) is 2.97. The third-order valence-corrected chi connectivity index (χ3v) is 2.05. The number of benzene rings is 1. The third-order valence-electron chi connectivity index (χ3n) is 1.81. The van der Waals surface area contributed by atoms with Gasteiger partial charge in [-0.1, -0.05) is 0 Å². The Balaban J connectivity index is 3.43. The van der Waals surface area contributed by atoms with E-state index in [4.69, 9.17) is 16.9 Å². The predicted octanol–water partition coefficient (Wildman–Crippen LogP) is 1.93. The summed E-state index contributed by atoms with van der Waals surface area (Å²) in [5.74, 6) is -1.67. The average molecular weight is 226 g/mol. The lowest BCUT2D eigenvalue weighted by Crippen LogP contribution is -2.06.